The number of amides is 1. The number of carbonyl (C=O) groups is 1. The highest BCUT2D eigenvalue weighted by atomic mass is 35.5. The molecular weight excluding hydrogens is 571 g/mol. The zero-order valence-electron chi connectivity index (χ0n) is 21.0. The maximum Gasteiger partial charge on any atom is 0.261 e. The lowest BCUT2D eigenvalue weighted by Gasteiger charge is -2.14. The molecule has 202 valence electrons. The Morgan fingerprint density at radius 1 is 0.925 bits per heavy atom. The van der Waals surface area contributed by atoms with Gasteiger partial charge in [-0.2, -0.15) is 0 Å². The Bertz CT molecular complexity index is 1790. The lowest BCUT2D eigenvalue weighted by atomic mass is 10.1. The summed E-state index contributed by atoms with van der Waals surface area (Å²) in [6.07, 6.45) is 3.54. The van der Waals surface area contributed by atoms with Crippen molar-refractivity contribution in [1.82, 2.24) is 9.55 Å². The first-order valence-corrected chi connectivity index (χ1v) is 14.2. The Labute approximate surface area is 241 Å². The van der Waals surface area contributed by atoms with Crippen molar-refractivity contribution in [2.45, 2.75) is 11.8 Å². The van der Waals surface area contributed by atoms with Gasteiger partial charge >= 0.3 is 0 Å². The number of hydrogen-bond donors (Lipinski definition) is 2. The monoisotopic (exact) mass is 592 g/mol. The van der Waals surface area contributed by atoms with E-state index in [1.54, 1.807) is 42.6 Å². The van der Waals surface area contributed by atoms with Gasteiger partial charge in [-0.15, -0.1) is 0 Å². The van der Waals surface area contributed by atoms with Gasteiger partial charge in [0.2, 0.25) is 0 Å². The predicted molar refractivity (Wildman–Crippen MR) is 156 cm³/mol. The largest absolute Gasteiger partial charge is 0.456 e. The van der Waals surface area contributed by atoms with Crippen molar-refractivity contribution in [2.24, 2.45) is 0 Å². The SMILES string of the molecule is Cc1nccn1-c1ccc(NC(=O)c2cc(Cl)ccc2NS(=O)(=O)c2ccc(Oc3ccccc3Cl)cc2)cc1. The van der Waals surface area contributed by atoms with E-state index >= 15 is 0 Å². The van der Waals surface area contributed by atoms with Gasteiger partial charge in [0.15, 0.2) is 0 Å². The number of benzene rings is 4. The molecule has 1 amide bonds. The molecule has 0 bridgehead atoms. The van der Waals surface area contributed by atoms with Crippen LogP contribution in [0.2, 0.25) is 10.0 Å². The van der Waals surface area contributed by atoms with Crippen LogP contribution < -0.4 is 14.8 Å². The molecule has 11 heteroatoms. The van der Waals surface area contributed by atoms with Crippen molar-refractivity contribution in [3.05, 3.63) is 125 Å². The lowest BCUT2D eigenvalue weighted by Crippen LogP contribution is -2.18. The number of hydrogen-bond acceptors (Lipinski definition) is 5. The molecule has 4 aromatic carbocycles. The van der Waals surface area contributed by atoms with Crippen LogP contribution in [0.1, 0.15) is 16.2 Å². The van der Waals surface area contributed by atoms with Gasteiger partial charge in [-0.05, 0) is 85.8 Å². The summed E-state index contributed by atoms with van der Waals surface area (Å²) in [5, 5.41) is 3.50. The minimum absolute atomic E-state index is 0.0225. The lowest BCUT2D eigenvalue weighted by molar-refractivity contribution is 0.102. The van der Waals surface area contributed by atoms with E-state index < -0.39 is 15.9 Å². The van der Waals surface area contributed by atoms with Gasteiger partial charge in [0.25, 0.3) is 15.9 Å². The van der Waals surface area contributed by atoms with Crippen LogP contribution in [0, 0.1) is 6.92 Å². The molecule has 0 aliphatic carbocycles. The van der Waals surface area contributed by atoms with E-state index in [1.807, 2.05) is 29.8 Å². The number of nitrogens with zero attached hydrogens (tertiary/aromatic N) is 2. The Hall–Kier alpha value is -4.31. The average molecular weight is 593 g/mol. The maximum absolute atomic E-state index is 13.2. The number of aryl methyl sites for hydroxylation is 1. The van der Waals surface area contributed by atoms with E-state index in [0.29, 0.717) is 22.2 Å². The summed E-state index contributed by atoms with van der Waals surface area (Å²) in [4.78, 5) is 17.4. The molecule has 0 radical (unpaired) electrons. The molecule has 0 atom stereocenters. The van der Waals surface area contributed by atoms with Gasteiger partial charge < -0.3 is 14.6 Å². The van der Waals surface area contributed by atoms with Crippen LogP contribution in [-0.4, -0.2) is 23.9 Å². The fourth-order valence-electron chi connectivity index (χ4n) is 3.89. The van der Waals surface area contributed by atoms with Gasteiger partial charge in [-0.1, -0.05) is 35.3 Å². The minimum atomic E-state index is -4.05. The Morgan fingerprint density at radius 3 is 2.33 bits per heavy atom. The number of para-hydroxylation sites is 1. The van der Waals surface area contributed by atoms with Gasteiger partial charge in [-0.3, -0.25) is 9.52 Å². The second-order valence-electron chi connectivity index (χ2n) is 8.64. The van der Waals surface area contributed by atoms with Crippen LogP contribution in [0.4, 0.5) is 11.4 Å². The Morgan fingerprint density at radius 2 is 1.65 bits per heavy atom. The molecule has 0 saturated heterocycles. The van der Waals surface area contributed by atoms with Gasteiger partial charge in [0.05, 0.1) is 21.2 Å². The second kappa shape index (κ2) is 11.4. The zero-order chi connectivity index (χ0) is 28.3. The average Bonchev–Trinajstić information content (AvgIpc) is 3.37. The fourth-order valence-corrected chi connectivity index (χ4v) is 5.32. The van der Waals surface area contributed by atoms with Gasteiger partial charge in [0.1, 0.15) is 17.3 Å². The molecule has 0 aliphatic heterocycles. The van der Waals surface area contributed by atoms with E-state index in [2.05, 4.69) is 15.0 Å². The van der Waals surface area contributed by atoms with Crippen LogP contribution >= 0.6 is 23.2 Å². The third-order valence-electron chi connectivity index (χ3n) is 5.90. The maximum atomic E-state index is 13.2. The van der Waals surface area contributed by atoms with Crippen molar-refractivity contribution < 1.29 is 17.9 Å². The number of sulfonamides is 1. The summed E-state index contributed by atoms with van der Waals surface area (Å²) in [6, 6.07) is 24.3. The minimum Gasteiger partial charge on any atom is -0.456 e. The molecule has 2 N–H and O–H groups in total. The van der Waals surface area contributed by atoms with Crippen molar-refractivity contribution in [3.63, 3.8) is 0 Å². The molecule has 0 spiro atoms. The number of aromatic nitrogens is 2. The van der Waals surface area contributed by atoms with E-state index in [4.69, 9.17) is 27.9 Å². The van der Waals surface area contributed by atoms with Crippen molar-refractivity contribution in [1.29, 1.82) is 0 Å². The Balaban J connectivity index is 1.33. The first-order chi connectivity index (χ1) is 19.2. The van der Waals surface area contributed by atoms with Crippen LogP contribution in [0.5, 0.6) is 11.5 Å². The summed E-state index contributed by atoms with van der Waals surface area (Å²) in [7, 11) is -4.05. The van der Waals surface area contributed by atoms with Crippen LogP contribution in [0.25, 0.3) is 5.69 Å². The van der Waals surface area contributed by atoms with Crippen LogP contribution in [-0.2, 0) is 10.0 Å². The highest BCUT2D eigenvalue weighted by molar-refractivity contribution is 7.92. The molecule has 0 saturated carbocycles. The van der Waals surface area contributed by atoms with Crippen molar-refractivity contribution >= 4 is 50.5 Å². The number of nitrogens with one attached hydrogen (secondary N) is 2. The van der Waals surface area contributed by atoms with Gasteiger partial charge in [0, 0.05) is 28.8 Å². The molecule has 5 aromatic rings. The van der Waals surface area contributed by atoms with Crippen molar-refractivity contribution in [3.8, 4) is 17.2 Å². The summed E-state index contributed by atoms with van der Waals surface area (Å²) in [5.41, 5.74) is 1.54. The highest BCUT2D eigenvalue weighted by Gasteiger charge is 2.20. The number of anilines is 2. The van der Waals surface area contributed by atoms with E-state index in [-0.39, 0.29) is 21.2 Å². The summed E-state index contributed by atoms with van der Waals surface area (Å²) in [6.45, 7) is 1.89. The number of imidazole rings is 1. The third kappa shape index (κ3) is 6.12. The molecule has 1 heterocycles. The number of halogens is 2. The first-order valence-electron chi connectivity index (χ1n) is 12.0. The number of ether oxygens (including phenoxy) is 1. The van der Waals surface area contributed by atoms with E-state index in [0.717, 1.165) is 11.5 Å². The zero-order valence-corrected chi connectivity index (χ0v) is 23.3. The first kappa shape index (κ1) is 27.3. The summed E-state index contributed by atoms with van der Waals surface area (Å²) in [5.74, 6) is 1.15. The normalized spacial score (nSPS) is 11.2. The molecule has 1 aromatic heterocycles. The van der Waals surface area contributed by atoms with Crippen LogP contribution in [0.15, 0.2) is 108 Å². The number of rotatable bonds is 8. The quantitative estimate of drug-likeness (QED) is 0.196. The van der Waals surface area contributed by atoms with Gasteiger partial charge in [-0.25, -0.2) is 13.4 Å². The van der Waals surface area contributed by atoms with Crippen LogP contribution in [0.3, 0.4) is 0 Å². The number of carbonyl (C=O) groups excluding carboxylic acids is 1. The Kier molecular flexibility index (Phi) is 7.79. The summed E-state index contributed by atoms with van der Waals surface area (Å²) < 4.78 is 36.5. The molecule has 0 aliphatic rings. The molecule has 5 rings (SSSR count). The fraction of sp³-hybridized carbons (Fsp3) is 0.0345. The van der Waals surface area contributed by atoms with Crippen molar-refractivity contribution in [2.75, 3.05) is 10.0 Å². The van der Waals surface area contributed by atoms with E-state index in [1.165, 1.54) is 42.5 Å². The summed E-state index contributed by atoms with van der Waals surface area (Å²) >= 11 is 12.3. The van der Waals surface area contributed by atoms with E-state index in [9.17, 15) is 13.2 Å². The molecule has 8 nitrogen and oxygen atoms in total. The standard InChI is InChI=1S/C29H22Cl2N4O4S/c1-19-32-16-17-35(19)22-9-7-21(8-10-22)33-29(36)25-18-20(30)6-15-27(25)34-40(37,38)24-13-11-23(12-14-24)39-28-5-3-2-4-26(28)31/h2-18,34H,1H3,(H,33,36). The third-order valence-corrected chi connectivity index (χ3v) is 7.83. The molecule has 40 heavy (non-hydrogen) atoms. The molecule has 0 fully saturated rings. The molecular formula is C29H22Cl2N4O4S. The topological polar surface area (TPSA) is 102 Å². The second-order valence-corrected chi connectivity index (χ2v) is 11.2. The smallest absolute Gasteiger partial charge is 0.261 e. The highest BCUT2D eigenvalue weighted by Crippen LogP contribution is 2.30. The molecule has 0 unspecified atom stereocenters. The predicted octanol–water partition coefficient (Wildman–Crippen LogP) is 7.33.